The van der Waals surface area contributed by atoms with Gasteiger partial charge in [0.05, 0.1) is 13.1 Å². The summed E-state index contributed by atoms with van der Waals surface area (Å²) in [4.78, 5) is 11.9. The van der Waals surface area contributed by atoms with Crippen molar-refractivity contribution >= 4 is 5.78 Å². The molecule has 0 unspecified atom stereocenters. The highest BCUT2D eigenvalue weighted by Crippen LogP contribution is 2.16. The summed E-state index contributed by atoms with van der Waals surface area (Å²) in [5, 5.41) is 0. The van der Waals surface area contributed by atoms with Crippen LogP contribution in [0.15, 0.2) is 0 Å². The van der Waals surface area contributed by atoms with E-state index in [9.17, 15) is 18.0 Å². The highest BCUT2D eigenvalue weighted by Gasteiger charge is 2.30. The summed E-state index contributed by atoms with van der Waals surface area (Å²) in [6.45, 7) is 2.38. The maximum absolute atomic E-state index is 11.9. The second-order valence-electron chi connectivity index (χ2n) is 2.81. The Bertz CT molecular complexity index is 167. The number of ketones is 1. The summed E-state index contributed by atoms with van der Waals surface area (Å²) in [5.74, 6) is -0.161. The van der Waals surface area contributed by atoms with Crippen LogP contribution in [0.2, 0.25) is 0 Å². The molecule has 0 aromatic heterocycles. The summed E-state index contributed by atoms with van der Waals surface area (Å²) < 4.78 is 35.7. The number of carbonyl (C=O) groups excluding carboxylic acids is 1. The summed E-state index contributed by atoms with van der Waals surface area (Å²) in [6.07, 6.45) is -3.93. The number of carbonyl (C=O) groups is 1. The molecule has 0 atom stereocenters. The lowest BCUT2D eigenvalue weighted by Crippen LogP contribution is -2.37. The molecule has 0 aromatic carbocycles. The van der Waals surface area contributed by atoms with Gasteiger partial charge in [-0.05, 0) is 6.54 Å². The fourth-order valence-electron chi connectivity index (χ4n) is 0.894. The highest BCUT2D eigenvalue weighted by atomic mass is 19.4. The predicted octanol–water partition coefficient (Wildman–Crippen LogP) is 1.85. The van der Waals surface area contributed by atoms with Gasteiger partial charge in [0.1, 0.15) is 5.78 Å². The van der Waals surface area contributed by atoms with Crippen molar-refractivity contribution in [2.24, 2.45) is 0 Å². The van der Waals surface area contributed by atoms with Crippen LogP contribution in [-0.2, 0) is 4.79 Å². The lowest BCUT2D eigenvalue weighted by Gasteiger charge is -2.20. The Kier molecular flexibility index (Phi) is 4.98. The SMILES string of the molecule is CCC(=O)CN(CC)CC(F)(F)F. The van der Waals surface area contributed by atoms with Gasteiger partial charge in [-0.15, -0.1) is 0 Å². The molecule has 0 rings (SSSR count). The number of hydrogen-bond donors (Lipinski definition) is 0. The lowest BCUT2D eigenvalue weighted by atomic mass is 10.3. The Hall–Kier alpha value is -0.580. The number of rotatable bonds is 5. The smallest absolute Gasteiger partial charge is 0.298 e. The zero-order valence-electron chi connectivity index (χ0n) is 7.82. The van der Waals surface area contributed by atoms with E-state index in [4.69, 9.17) is 0 Å². The standard InChI is InChI=1S/C8H14F3NO/c1-3-7(13)5-12(4-2)6-8(9,10)11/h3-6H2,1-2H3. The van der Waals surface area contributed by atoms with Crippen molar-refractivity contribution in [1.82, 2.24) is 4.90 Å². The van der Waals surface area contributed by atoms with Gasteiger partial charge in [0.2, 0.25) is 0 Å². The van der Waals surface area contributed by atoms with E-state index in [-0.39, 0.29) is 25.3 Å². The minimum absolute atomic E-state index is 0.105. The fourth-order valence-corrected chi connectivity index (χ4v) is 0.894. The van der Waals surface area contributed by atoms with E-state index >= 15 is 0 Å². The van der Waals surface area contributed by atoms with Gasteiger partial charge in [-0.2, -0.15) is 13.2 Å². The van der Waals surface area contributed by atoms with E-state index in [1.807, 2.05) is 0 Å². The molecule has 0 aliphatic heterocycles. The van der Waals surface area contributed by atoms with Crippen molar-refractivity contribution in [3.63, 3.8) is 0 Å². The normalized spacial score (nSPS) is 12.2. The molecule has 0 aromatic rings. The summed E-state index contributed by atoms with van der Waals surface area (Å²) in [5.41, 5.74) is 0. The van der Waals surface area contributed by atoms with Crippen molar-refractivity contribution in [3.8, 4) is 0 Å². The van der Waals surface area contributed by atoms with Crippen LogP contribution in [0, 0.1) is 0 Å². The van der Waals surface area contributed by atoms with Gasteiger partial charge < -0.3 is 0 Å². The van der Waals surface area contributed by atoms with Crippen LogP contribution in [0.5, 0.6) is 0 Å². The van der Waals surface area contributed by atoms with Crippen LogP contribution in [0.3, 0.4) is 0 Å². The van der Waals surface area contributed by atoms with Crippen LogP contribution in [-0.4, -0.2) is 36.5 Å². The molecule has 0 heterocycles. The Balaban J connectivity index is 3.97. The molecule has 0 spiro atoms. The number of likely N-dealkylation sites (N-methyl/N-ethyl adjacent to an activating group) is 1. The molecule has 2 nitrogen and oxygen atoms in total. The van der Waals surface area contributed by atoms with Gasteiger partial charge in [-0.25, -0.2) is 0 Å². The zero-order valence-corrected chi connectivity index (χ0v) is 7.82. The molecule has 0 fully saturated rings. The lowest BCUT2D eigenvalue weighted by molar-refractivity contribution is -0.147. The van der Waals surface area contributed by atoms with Gasteiger partial charge in [0, 0.05) is 6.42 Å². The molecule has 13 heavy (non-hydrogen) atoms. The van der Waals surface area contributed by atoms with Crippen LogP contribution in [0.4, 0.5) is 13.2 Å². The molecular weight excluding hydrogens is 183 g/mol. The van der Waals surface area contributed by atoms with E-state index < -0.39 is 12.7 Å². The van der Waals surface area contributed by atoms with Crippen molar-refractivity contribution in [1.29, 1.82) is 0 Å². The van der Waals surface area contributed by atoms with Gasteiger partial charge in [-0.3, -0.25) is 9.69 Å². The molecule has 78 valence electrons. The molecule has 0 aliphatic carbocycles. The van der Waals surface area contributed by atoms with Crippen molar-refractivity contribution < 1.29 is 18.0 Å². The molecule has 0 amide bonds. The molecule has 0 saturated heterocycles. The zero-order chi connectivity index (χ0) is 10.5. The van der Waals surface area contributed by atoms with Crippen LogP contribution in [0.25, 0.3) is 0 Å². The maximum Gasteiger partial charge on any atom is 0.401 e. The van der Waals surface area contributed by atoms with E-state index in [2.05, 4.69) is 0 Å². The van der Waals surface area contributed by atoms with E-state index in [0.717, 1.165) is 4.90 Å². The molecule has 0 bridgehead atoms. The largest absolute Gasteiger partial charge is 0.401 e. The Labute approximate surface area is 75.7 Å². The van der Waals surface area contributed by atoms with Crippen molar-refractivity contribution in [3.05, 3.63) is 0 Å². The van der Waals surface area contributed by atoms with E-state index in [1.165, 1.54) is 0 Å². The highest BCUT2D eigenvalue weighted by molar-refractivity contribution is 5.80. The summed E-state index contributed by atoms with van der Waals surface area (Å²) in [6, 6.07) is 0. The average molecular weight is 197 g/mol. The second kappa shape index (κ2) is 5.21. The molecule has 0 radical (unpaired) electrons. The third-order valence-corrected chi connectivity index (χ3v) is 1.64. The number of alkyl halides is 3. The Morgan fingerprint density at radius 1 is 1.31 bits per heavy atom. The quantitative estimate of drug-likeness (QED) is 0.670. The number of Topliss-reactive ketones (excluding diaryl/α,β-unsaturated/α-hetero) is 1. The first-order chi connectivity index (χ1) is 5.89. The molecular formula is C8H14F3NO. The third kappa shape index (κ3) is 6.57. The van der Waals surface area contributed by atoms with Crippen molar-refractivity contribution in [2.45, 2.75) is 26.4 Å². The van der Waals surface area contributed by atoms with E-state index in [1.54, 1.807) is 13.8 Å². The molecule has 0 aliphatic rings. The predicted molar refractivity (Wildman–Crippen MR) is 43.5 cm³/mol. The number of hydrogen-bond acceptors (Lipinski definition) is 2. The Morgan fingerprint density at radius 2 is 1.85 bits per heavy atom. The van der Waals surface area contributed by atoms with Crippen LogP contribution < -0.4 is 0 Å². The first-order valence-electron chi connectivity index (χ1n) is 4.19. The molecule has 0 N–H and O–H groups in total. The Morgan fingerprint density at radius 3 is 2.15 bits per heavy atom. The topological polar surface area (TPSA) is 20.3 Å². The third-order valence-electron chi connectivity index (χ3n) is 1.64. The fraction of sp³-hybridized carbons (Fsp3) is 0.875. The number of halogens is 3. The van der Waals surface area contributed by atoms with Crippen molar-refractivity contribution in [2.75, 3.05) is 19.6 Å². The first-order valence-corrected chi connectivity index (χ1v) is 4.19. The van der Waals surface area contributed by atoms with Crippen LogP contribution >= 0.6 is 0 Å². The van der Waals surface area contributed by atoms with E-state index in [0.29, 0.717) is 0 Å². The maximum atomic E-state index is 11.9. The minimum atomic E-state index is -4.22. The van der Waals surface area contributed by atoms with Gasteiger partial charge >= 0.3 is 6.18 Å². The summed E-state index contributed by atoms with van der Waals surface area (Å²) >= 11 is 0. The second-order valence-corrected chi connectivity index (χ2v) is 2.81. The van der Waals surface area contributed by atoms with Gasteiger partial charge in [-0.1, -0.05) is 13.8 Å². The van der Waals surface area contributed by atoms with Gasteiger partial charge in [0.15, 0.2) is 0 Å². The number of nitrogens with zero attached hydrogens (tertiary/aromatic N) is 1. The van der Waals surface area contributed by atoms with Gasteiger partial charge in [0.25, 0.3) is 0 Å². The molecule has 5 heteroatoms. The summed E-state index contributed by atoms with van der Waals surface area (Å²) in [7, 11) is 0. The molecule has 0 saturated carbocycles. The first kappa shape index (κ1) is 12.4. The average Bonchev–Trinajstić information content (AvgIpc) is 2.00. The van der Waals surface area contributed by atoms with Crippen LogP contribution in [0.1, 0.15) is 20.3 Å². The minimum Gasteiger partial charge on any atom is -0.298 e. The monoisotopic (exact) mass is 197 g/mol.